The van der Waals surface area contributed by atoms with Crippen molar-refractivity contribution in [3.63, 3.8) is 0 Å². The fourth-order valence-electron chi connectivity index (χ4n) is 3.32. The lowest BCUT2D eigenvalue weighted by Gasteiger charge is -2.16. The summed E-state index contributed by atoms with van der Waals surface area (Å²) in [7, 11) is 0. The van der Waals surface area contributed by atoms with Crippen molar-refractivity contribution in [3.05, 3.63) is 90.2 Å². The van der Waals surface area contributed by atoms with Crippen molar-refractivity contribution in [2.75, 3.05) is 17.2 Å². The van der Waals surface area contributed by atoms with Crippen LogP contribution in [0.25, 0.3) is 0 Å². The molecular formula is C24H21FN2O3. The number of benzene rings is 3. The van der Waals surface area contributed by atoms with E-state index in [1.807, 2.05) is 18.2 Å². The lowest BCUT2D eigenvalue weighted by molar-refractivity contribution is -0.119. The maximum atomic E-state index is 13.2. The van der Waals surface area contributed by atoms with E-state index in [1.54, 1.807) is 48.5 Å². The maximum absolute atomic E-state index is 13.2. The molecule has 1 fully saturated rings. The Morgan fingerprint density at radius 3 is 2.27 bits per heavy atom. The van der Waals surface area contributed by atoms with Crippen LogP contribution in [0.15, 0.2) is 78.9 Å². The van der Waals surface area contributed by atoms with Crippen molar-refractivity contribution in [2.45, 2.75) is 18.3 Å². The van der Waals surface area contributed by atoms with Gasteiger partial charge in [-0.2, -0.15) is 0 Å². The van der Waals surface area contributed by atoms with Crippen LogP contribution in [-0.2, 0) is 15.0 Å². The average molecular weight is 404 g/mol. The predicted octanol–water partition coefficient (Wildman–Crippen LogP) is 4.51. The van der Waals surface area contributed by atoms with Gasteiger partial charge in [-0.15, -0.1) is 0 Å². The van der Waals surface area contributed by atoms with E-state index in [0.29, 0.717) is 17.1 Å². The number of hydrogen-bond donors (Lipinski definition) is 2. The van der Waals surface area contributed by atoms with E-state index in [2.05, 4.69) is 10.6 Å². The quantitative estimate of drug-likeness (QED) is 0.609. The predicted molar refractivity (Wildman–Crippen MR) is 113 cm³/mol. The minimum atomic E-state index is -0.611. The van der Waals surface area contributed by atoms with Crippen molar-refractivity contribution in [2.24, 2.45) is 0 Å². The van der Waals surface area contributed by atoms with Gasteiger partial charge in [-0.1, -0.05) is 36.4 Å². The molecule has 152 valence electrons. The monoisotopic (exact) mass is 404 g/mol. The summed E-state index contributed by atoms with van der Waals surface area (Å²) in [5.41, 5.74) is 1.48. The fraction of sp³-hybridized carbons (Fsp3) is 0.167. The van der Waals surface area contributed by atoms with Crippen LogP contribution in [-0.4, -0.2) is 18.4 Å². The Kier molecular flexibility index (Phi) is 5.48. The zero-order chi connectivity index (χ0) is 21.0. The Morgan fingerprint density at radius 1 is 0.867 bits per heavy atom. The van der Waals surface area contributed by atoms with Crippen molar-refractivity contribution in [1.29, 1.82) is 0 Å². The number of rotatable bonds is 7. The molecule has 2 N–H and O–H groups in total. The Hall–Kier alpha value is -3.67. The van der Waals surface area contributed by atoms with E-state index >= 15 is 0 Å². The van der Waals surface area contributed by atoms with E-state index < -0.39 is 5.41 Å². The van der Waals surface area contributed by atoms with Gasteiger partial charge in [0.2, 0.25) is 5.91 Å². The summed E-state index contributed by atoms with van der Waals surface area (Å²) < 4.78 is 18.8. The fourth-order valence-corrected chi connectivity index (χ4v) is 3.32. The molecule has 0 bridgehead atoms. The summed E-state index contributed by atoms with van der Waals surface area (Å²) in [6.45, 7) is -0.147. The standard InChI is InChI=1S/C24H21FN2O3/c25-18-11-9-17(10-12-18)24(13-14-24)23(29)27-20-7-4-8-21(15-20)30-16-22(28)26-19-5-2-1-3-6-19/h1-12,15H,13-14,16H2,(H,26,28)(H,27,29). The first-order valence-corrected chi connectivity index (χ1v) is 9.70. The minimum absolute atomic E-state index is 0.131. The summed E-state index contributed by atoms with van der Waals surface area (Å²) >= 11 is 0. The second-order valence-electron chi connectivity index (χ2n) is 7.27. The molecule has 0 heterocycles. The number of halogens is 1. The molecule has 6 heteroatoms. The molecule has 30 heavy (non-hydrogen) atoms. The number of amides is 2. The van der Waals surface area contributed by atoms with Crippen molar-refractivity contribution in [3.8, 4) is 5.75 Å². The van der Waals surface area contributed by atoms with Crippen LogP contribution in [0, 0.1) is 5.82 Å². The van der Waals surface area contributed by atoms with Crippen LogP contribution in [0.3, 0.4) is 0 Å². The highest BCUT2D eigenvalue weighted by molar-refractivity contribution is 6.01. The van der Waals surface area contributed by atoms with Gasteiger partial charge in [-0.3, -0.25) is 9.59 Å². The molecular weight excluding hydrogens is 383 g/mol. The van der Waals surface area contributed by atoms with Crippen LogP contribution in [0.4, 0.5) is 15.8 Å². The third-order valence-electron chi connectivity index (χ3n) is 5.10. The Labute approximate surface area is 173 Å². The van der Waals surface area contributed by atoms with Crippen molar-refractivity contribution >= 4 is 23.2 Å². The summed E-state index contributed by atoms with van der Waals surface area (Å²) in [5.74, 6) is -0.254. The van der Waals surface area contributed by atoms with Crippen LogP contribution < -0.4 is 15.4 Å². The molecule has 1 saturated carbocycles. The molecule has 4 rings (SSSR count). The number of carbonyl (C=O) groups excluding carboxylic acids is 2. The van der Waals surface area contributed by atoms with E-state index in [-0.39, 0.29) is 24.2 Å². The number of nitrogens with one attached hydrogen (secondary N) is 2. The van der Waals surface area contributed by atoms with Gasteiger partial charge in [0, 0.05) is 17.4 Å². The molecule has 5 nitrogen and oxygen atoms in total. The molecule has 0 radical (unpaired) electrons. The number of hydrogen-bond acceptors (Lipinski definition) is 3. The number of carbonyl (C=O) groups is 2. The zero-order valence-electron chi connectivity index (χ0n) is 16.2. The first-order chi connectivity index (χ1) is 14.5. The molecule has 3 aromatic carbocycles. The van der Waals surface area contributed by atoms with Crippen molar-refractivity contribution in [1.82, 2.24) is 0 Å². The molecule has 0 aliphatic heterocycles. The molecule has 0 spiro atoms. The summed E-state index contributed by atoms with van der Waals surface area (Å²) in [4.78, 5) is 24.9. The Morgan fingerprint density at radius 2 is 1.57 bits per heavy atom. The second-order valence-corrected chi connectivity index (χ2v) is 7.27. The van der Waals surface area contributed by atoms with Crippen LogP contribution in [0.5, 0.6) is 5.75 Å². The van der Waals surface area contributed by atoms with Crippen LogP contribution in [0.2, 0.25) is 0 Å². The molecule has 0 saturated heterocycles. The molecule has 0 unspecified atom stereocenters. The van der Waals surface area contributed by atoms with Gasteiger partial charge >= 0.3 is 0 Å². The summed E-state index contributed by atoms with van der Waals surface area (Å²) in [6, 6.07) is 22.1. The smallest absolute Gasteiger partial charge is 0.262 e. The normalized spacial score (nSPS) is 13.9. The first-order valence-electron chi connectivity index (χ1n) is 9.70. The van der Waals surface area contributed by atoms with Crippen LogP contribution >= 0.6 is 0 Å². The van der Waals surface area contributed by atoms with Crippen LogP contribution in [0.1, 0.15) is 18.4 Å². The summed E-state index contributed by atoms with van der Waals surface area (Å²) in [5, 5.41) is 5.66. The third-order valence-corrected chi connectivity index (χ3v) is 5.10. The number of para-hydroxylation sites is 1. The Balaban J connectivity index is 1.36. The largest absolute Gasteiger partial charge is 0.484 e. The van der Waals surface area contributed by atoms with E-state index in [0.717, 1.165) is 18.4 Å². The van der Waals surface area contributed by atoms with E-state index in [4.69, 9.17) is 4.74 Å². The minimum Gasteiger partial charge on any atom is -0.484 e. The Bertz CT molecular complexity index is 1050. The van der Waals surface area contributed by atoms with Gasteiger partial charge in [-0.05, 0) is 54.8 Å². The number of anilines is 2. The average Bonchev–Trinajstić information content (AvgIpc) is 3.56. The molecule has 1 aliphatic rings. The lowest BCUT2D eigenvalue weighted by Crippen LogP contribution is -2.27. The SMILES string of the molecule is O=C(COc1cccc(NC(=O)C2(c3ccc(F)cc3)CC2)c1)Nc1ccccc1. The second kappa shape index (κ2) is 8.37. The van der Waals surface area contributed by atoms with E-state index in [1.165, 1.54) is 12.1 Å². The maximum Gasteiger partial charge on any atom is 0.262 e. The van der Waals surface area contributed by atoms with Gasteiger partial charge in [0.05, 0.1) is 5.41 Å². The van der Waals surface area contributed by atoms with Gasteiger partial charge in [0.25, 0.3) is 5.91 Å². The first kappa shape index (κ1) is 19.6. The highest BCUT2D eigenvalue weighted by atomic mass is 19.1. The van der Waals surface area contributed by atoms with Gasteiger partial charge in [-0.25, -0.2) is 4.39 Å². The molecule has 2 amide bonds. The number of ether oxygens (including phenoxy) is 1. The van der Waals surface area contributed by atoms with Gasteiger partial charge in [0.1, 0.15) is 11.6 Å². The highest BCUT2D eigenvalue weighted by Crippen LogP contribution is 2.49. The van der Waals surface area contributed by atoms with Gasteiger partial charge < -0.3 is 15.4 Å². The topological polar surface area (TPSA) is 67.4 Å². The highest BCUT2D eigenvalue weighted by Gasteiger charge is 2.51. The van der Waals surface area contributed by atoms with Crippen molar-refractivity contribution < 1.29 is 18.7 Å². The third kappa shape index (κ3) is 4.49. The molecule has 0 atom stereocenters. The zero-order valence-corrected chi connectivity index (χ0v) is 16.2. The molecule has 3 aromatic rings. The summed E-state index contributed by atoms with van der Waals surface area (Å²) in [6.07, 6.45) is 1.45. The van der Waals surface area contributed by atoms with E-state index in [9.17, 15) is 14.0 Å². The van der Waals surface area contributed by atoms with Gasteiger partial charge in [0.15, 0.2) is 6.61 Å². The molecule has 1 aliphatic carbocycles. The molecule has 0 aromatic heterocycles. The lowest BCUT2D eigenvalue weighted by atomic mass is 9.95.